The van der Waals surface area contributed by atoms with Crippen molar-refractivity contribution in [2.24, 2.45) is 0 Å². The molecule has 3 heteroatoms. The van der Waals surface area contributed by atoms with E-state index in [0.717, 1.165) is 22.0 Å². The average Bonchev–Trinajstić information content (AvgIpc) is 3.27. The first-order chi connectivity index (χ1) is 10.3. The Hall–Kier alpha value is -1.71. The van der Waals surface area contributed by atoms with Crippen LogP contribution in [0.25, 0.3) is 10.2 Å². The third-order valence-corrected chi connectivity index (χ3v) is 5.13. The minimum absolute atomic E-state index is 0.473. The first-order valence-corrected chi connectivity index (χ1v) is 8.23. The fraction of sp³-hybridized carbons (Fsp3) is 0.278. The summed E-state index contributed by atoms with van der Waals surface area (Å²) in [5, 5.41) is 11.4. The van der Waals surface area contributed by atoms with Gasteiger partial charge >= 0.3 is 0 Å². The van der Waals surface area contributed by atoms with Crippen molar-refractivity contribution in [1.29, 1.82) is 0 Å². The van der Waals surface area contributed by atoms with Crippen molar-refractivity contribution in [3.8, 4) is 0 Å². The zero-order valence-corrected chi connectivity index (χ0v) is 12.5. The van der Waals surface area contributed by atoms with Gasteiger partial charge < -0.3 is 5.11 Å². The molecule has 0 radical (unpaired) electrons. The van der Waals surface area contributed by atoms with Gasteiger partial charge in [-0.15, -0.1) is 11.3 Å². The Morgan fingerprint density at radius 1 is 1.10 bits per heavy atom. The van der Waals surface area contributed by atoms with Crippen molar-refractivity contribution >= 4 is 21.6 Å². The molecule has 2 nitrogen and oxygen atoms in total. The third-order valence-electron chi connectivity index (χ3n) is 4.08. The van der Waals surface area contributed by atoms with E-state index in [-0.39, 0.29) is 0 Å². The average molecular weight is 295 g/mol. The summed E-state index contributed by atoms with van der Waals surface area (Å²) in [5.74, 6) is 0.764. The summed E-state index contributed by atoms with van der Waals surface area (Å²) >= 11 is 1.67. The van der Waals surface area contributed by atoms with Gasteiger partial charge in [0.1, 0.15) is 0 Å². The lowest BCUT2D eigenvalue weighted by Gasteiger charge is -2.10. The van der Waals surface area contributed by atoms with Crippen molar-refractivity contribution in [3.63, 3.8) is 0 Å². The number of aliphatic hydroxyl groups excluding tert-OH is 1. The number of fused-ring (bicyclic) bond motifs is 1. The van der Waals surface area contributed by atoms with Gasteiger partial charge in [0.2, 0.25) is 0 Å². The molecule has 1 heterocycles. The minimum atomic E-state index is -0.473. The van der Waals surface area contributed by atoms with E-state index in [1.54, 1.807) is 11.3 Å². The fourth-order valence-corrected chi connectivity index (χ4v) is 3.70. The highest BCUT2D eigenvalue weighted by molar-refractivity contribution is 7.18. The van der Waals surface area contributed by atoms with Crippen LogP contribution in [-0.2, 0) is 6.42 Å². The van der Waals surface area contributed by atoms with Crippen LogP contribution in [-0.4, -0.2) is 10.1 Å². The van der Waals surface area contributed by atoms with Crippen LogP contribution in [0.3, 0.4) is 0 Å². The van der Waals surface area contributed by atoms with Crippen molar-refractivity contribution in [1.82, 2.24) is 4.98 Å². The van der Waals surface area contributed by atoms with Gasteiger partial charge in [-0.3, -0.25) is 0 Å². The largest absolute Gasteiger partial charge is 0.388 e. The molecule has 106 valence electrons. The Labute approximate surface area is 128 Å². The molecule has 0 bridgehead atoms. The highest BCUT2D eigenvalue weighted by Gasteiger charge is 2.23. The van der Waals surface area contributed by atoms with E-state index in [9.17, 15) is 5.11 Å². The first kappa shape index (κ1) is 13.0. The van der Waals surface area contributed by atoms with Gasteiger partial charge in [0.05, 0.1) is 21.3 Å². The summed E-state index contributed by atoms with van der Waals surface area (Å²) in [4.78, 5) is 4.59. The van der Waals surface area contributed by atoms with Gasteiger partial charge in [0, 0.05) is 6.42 Å². The number of aromatic nitrogens is 1. The summed E-state index contributed by atoms with van der Waals surface area (Å²) < 4.78 is 1.18. The van der Waals surface area contributed by atoms with Gasteiger partial charge in [0.15, 0.2) is 0 Å². The van der Waals surface area contributed by atoms with Crippen LogP contribution in [0.4, 0.5) is 0 Å². The van der Waals surface area contributed by atoms with E-state index < -0.39 is 6.10 Å². The maximum absolute atomic E-state index is 10.4. The van der Waals surface area contributed by atoms with Crippen molar-refractivity contribution in [3.05, 3.63) is 64.7 Å². The van der Waals surface area contributed by atoms with Crippen LogP contribution in [0.1, 0.15) is 41.0 Å². The summed E-state index contributed by atoms with van der Waals surface area (Å²) in [5.41, 5.74) is 3.42. The molecule has 21 heavy (non-hydrogen) atoms. The lowest BCUT2D eigenvalue weighted by atomic mass is 10.0. The molecular weight excluding hydrogens is 278 g/mol. The standard InChI is InChI=1S/C18H17NOS/c20-16(14-9-7-13(8-10-14)12-5-6-12)11-18-19-15-3-1-2-4-17(15)21-18/h1-4,7-10,12,16,20H,5-6,11H2. The zero-order chi connectivity index (χ0) is 14.2. The van der Waals surface area contributed by atoms with Crippen LogP contribution in [0.2, 0.25) is 0 Å². The van der Waals surface area contributed by atoms with E-state index in [1.807, 2.05) is 18.2 Å². The van der Waals surface area contributed by atoms with Crippen LogP contribution in [0, 0.1) is 0 Å². The highest BCUT2D eigenvalue weighted by atomic mass is 32.1. The van der Waals surface area contributed by atoms with Crippen LogP contribution in [0.15, 0.2) is 48.5 Å². The second kappa shape index (κ2) is 5.24. The monoisotopic (exact) mass is 295 g/mol. The Kier molecular flexibility index (Phi) is 3.24. The molecule has 0 amide bonds. The first-order valence-electron chi connectivity index (χ1n) is 7.42. The predicted octanol–water partition coefficient (Wildman–Crippen LogP) is 4.45. The molecule has 0 saturated heterocycles. The molecule has 1 aliphatic rings. The lowest BCUT2D eigenvalue weighted by Crippen LogP contribution is -2.01. The van der Waals surface area contributed by atoms with Gasteiger partial charge in [-0.05, 0) is 42.0 Å². The van der Waals surface area contributed by atoms with Gasteiger partial charge in [-0.25, -0.2) is 4.98 Å². The molecule has 3 aromatic rings. The number of thiazole rings is 1. The Morgan fingerprint density at radius 3 is 2.57 bits per heavy atom. The van der Waals surface area contributed by atoms with E-state index in [1.165, 1.54) is 23.1 Å². The van der Waals surface area contributed by atoms with Gasteiger partial charge in [-0.2, -0.15) is 0 Å². The molecule has 0 spiro atoms. The number of rotatable bonds is 4. The number of benzene rings is 2. The van der Waals surface area contributed by atoms with Crippen molar-refractivity contribution < 1.29 is 5.11 Å². The molecule has 1 N–H and O–H groups in total. The summed E-state index contributed by atoms with van der Waals surface area (Å²) in [6.07, 6.45) is 2.74. The fourth-order valence-electron chi connectivity index (χ4n) is 2.70. The summed E-state index contributed by atoms with van der Waals surface area (Å²) in [6, 6.07) is 16.6. The van der Waals surface area contributed by atoms with Crippen LogP contribution >= 0.6 is 11.3 Å². The van der Waals surface area contributed by atoms with E-state index in [0.29, 0.717) is 6.42 Å². The predicted molar refractivity (Wildman–Crippen MR) is 86.7 cm³/mol. The number of nitrogens with zero attached hydrogens (tertiary/aromatic N) is 1. The van der Waals surface area contributed by atoms with E-state index in [4.69, 9.17) is 0 Å². The van der Waals surface area contributed by atoms with Crippen LogP contribution < -0.4 is 0 Å². The quantitative estimate of drug-likeness (QED) is 0.771. The third kappa shape index (κ3) is 2.71. The Morgan fingerprint density at radius 2 is 1.86 bits per heavy atom. The number of para-hydroxylation sites is 1. The number of hydrogen-bond acceptors (Lipinski definition) is 3. The maximum atomic E-state index is 10.4. The molecule has 1 aliphatic carbocycles. The second-order valence-electron chi connectivity index (χ2n) is 5.74. The van der Waals surface area contributed by atoms with Gasteiger partial charge in [0.25, 0.3) is 0 Å². The zero-order valence-electron chi connectivity index (χ0n) is 11.7. The highest BCUT2D eigenvalue weighted by Crippen LogP contribution is 2.40. The van der Waals surface area contributed by atoms with Crippen LogP contribution in [0.5, 0.6) is 0 Å². The van der Waals surface area contributed by atoms with Crippen molar-refractivity contribution in [2.75, 3.05) is 0 Å². The molecule has 4 rings (SSSR count). The molecular formula is C18H17NOS. The minimum Gasteiger partial charge on any atom is -0.388 e. The maximum Gasteiger partial charge on any atom is 0.0967 e. The molecule has 1 fully saturated rings. The van der Waals surface area contributed by atoms with Crippen molar-refractivity contribution in [2.45, 2.75) is 31.3 Å². The van der Waals surface area contributed by atoms with Gasteiger partial charge in [-0.1, -0.05) is 36.4 Å². The molecule has 1 saturated carbocycles. The Bertz CT molecular complexity index is 725. The molecule has 1 aromatic heterocycles. The lowest BCUT2D eigenvalue weighted by molar-refractivity contribution is 0.178. The molecule has 0 aliphatic heterocycles. The summed E-state index contributed by atoms with van der Waals surface area (Å²) in [7, 11) is 0. The summed E-state index contributed by atoms with van der Waals surface area (Å²) in [6.45, 7) is 0. The number of aliphatic hydroxyl groups is 1. The second-order valence-corrected chi connectivity index (χ2v) is 6.85. The number of hydrogen-bond donors (Lipinski definition) is 1. The molecule has 1 unspecified atom stereocenters. The van der Waals surface area contributed by atoms with E-state index in [2.05, 4.69) is 35.3 Å². The molecule has 1 atom stereocenters. The topological polar surface area (TPSA) is 33.1 Å². The smallest absolute Gasteiger partial charge is 0.0967 e. The molecule has 2 aromatic carbocycles. The van der Waals surface area contributed by atoms with E-state index >= 15 is 0 Å². The SMILES string of the molecule is OC(Cc1nc2ccccc2s1)c1ccc(C2CC2)cc1. The Balaban J connectivity index is 1.52. The normalized spacial score (nSPS) is 16.2.